The monoisotopic (exact) mass is 308 g/mol. The van der Waals surface area contributed by atoms with Crippen LogP contribution in [-0.2, 0) is 0 Å². The van der Waals surface area contributed by atoms with E-state index in [-0.39, 0.29) is 0 Å². The van der Waals surface area contributed by atoms with Crippen LogP contribution in [0.2, 0.25) is 0 Å². The van der Waals surface area contributed by atoms with Gasteiger partial charge in [-0.15, -0.1) is 0 Å². The predicted molar refractivity (Wildman–Crippen MR) is 101 cm³/mol. The molecule has 1 saturated carbocycles. The van der Waals surface area contributed by atoms with Gasteiger partial charge in [0.05, 0.1) is 0 Å². The van der Waals surface area contributed by atoms with Gasteiger partial charge in [0.25, 0.3) is 0 Å². The van der Waals surface area contributed by atoms with Gasteiger partial charge in [0.2, 0.25) is 0 Å². The molecule has 1 aliphatic rings. The molecule has 0 nitrogen and oxygen atoms in total. The van der Waals surface area contributed by atoms with E-state index in [0.717, 1.165) is 23.7 Å². The molecule has 22 heavy (non-hydrogen) atoms. The van der Waals surface area contributed by atoms with Gasteiger partial charge < -0.3 is 0 Å². The highest BCUT2D eigenvalue weighted by molar-refractivity contribution is 5.02. The Kier molecular flexibility index (Phi) is 7.47. The number of hydrogen-bond acceptors (Lipinski definition) is 0. The highest BCUT2D eigenvalue weighted by Crippen LogP contribution is 2.62. The maximum atomic E-state index is 2.45. The van der Waals surface area contributed by atoms with Crippen LogP contribution in [0.4, 0.5) is 0 Å². The first kappa shape index (κ1) is 20.0. The van der Waals surface area contributed by atoms with Crippen LogP contribution in [0.25, 0.3) is 0 Å². The summed E-state index contributed by atoms with van der Waals surface area (Å²) in [6, 6.07) is 0. The molecule has 0 aromatic rings. The molecule has 0 aromatic carbocycles. The quantitative estimate of drug-likeness (QED) is 0.430. The molecule has 0 unspecified atom stereocenters. The fourth-order valence-corrected chi connectivity index (χ4v) is 6.02. The van der Waals surface area contributed by atoms with Crippen molar-refractivity contribution in [1.82, 2.24) is 0 Å². The first-order chi connectivity index (χ1) is 10.1. The van der Waals surface area contributed by atoms with Crippen molar-refractivity contribution in [3.8, 4) is 0 Å². The molecule has 0 N–H and O–H groups in total. The molecule has 0 atom stereocenters. The van der Waals surface area contributed by atoms with Crippen LogP contribution in [0.3, 0.4) is 0 Å². The smallest absolute Gasteiger partial charge is 0.0236 e. The zero-order valence-corrected chi connectivity index (χ0v) is 17.0. The van der Waals surface area contributed by atoms with E-state index in [0.29, 0.717) is 10.8 Å². The lowest BCUT2D eigenvalue weighted by atomic mass is 9.47. The van der Waals surface area contributed by atoms with E-state index in [2.05, 4.69) is 55.4 Å². The fourth-order valence-electron chi connectivity index (χ4n) is 6.02. The summed E-state index contributed by atoms with van der Waals surface area (Å²) in [5.41, 5.74) is 1.20. The fraction of sp³-hybridized carbons (Fsp3) is 1.00. The van der Waals surface area contributed by atoms with Gasteiger partial charge in [-0.1, -0.05) is 68.2 Å². The highest BCUT2D eigenvalue weighted by Gasteiger charge is 2.52. The van der Waals surface area contributed by atoms with Crippen LogP contribution >= 0.6 is 0 Å². The van der Waals surface area contributed by atoms with Gasteiger partial charge in [0.15, 0.2) is 0 Å². The maximum absolute atomic E-state index is 2.45. The van der Waals surface area contributed by atoms with Crippen molar-refractivity contribution in [3.63, 3.8) is 0 Å². The van der Waals surface area contributed by atoms with E-state index in [1.807, 2.05) is 0 Å². The topological polar surface area (TPSA) is 0 Å². The molecule has 0 spiro atoms. The van der Waals surface area contributed by atoms with Gasteiger partial charge in [-0.05, 0) is 73.0 Å². The van der Waals surface area contributed by atoms with E-state index in [1.165, 1.54) is 51.4 Å². The average Bonchev–Trinajstić information content (AvgIpc) is 2.29. The van der Waals surface area contributed by atoms with Crippen molar-refractivity contribution in [3.05, 3.63) is 0 Å². The number of hydrogen-bond donors (Lipinski definition) is 0. The van der Waals surface area contributed by atoms with Gasteiger partial charge in [-0.2, -0.15) is 0 Å². The normalized spacial score (nSPS) is 21.3. The maximum Gasteiger partial charge on any atom is -0.0236 e. The molecule has 0 heteroatoms. The Bertz CT molecular complexity index is 256. The van der Waals surface area contributed by atoms with Crippen LogP contribution < -0.4 is 0 Å². The summed E-state index contributed by atoms with van der Waals surface area (Å²) in [7, 11) is 0. The minimum absolute atomic E-state index is 0.599. The zero-order chi connectivity index (χ0) is 17.0. The standard InChI is InChI=1S/C22H44/c1-17(2)13-21(14-18(3)4)11-9-10-12-22(21,15-19(5)6)16-20(7)8/h17-20H,9-16H2,1-8H3. The SMILES string of the molecule is CC(C)CC1(CC(C)C)CCCCC1(CC(C)C)CC(C)C. The second kappa shape index (κ2) is 8.20. The third-order valence-corrected chi connectivity index (χ3v) is 5.88. The van der Waals surface area contributed by atoms with Crippen LogP contribution in [0.1, 0.15) is 107 Å². The zero-order valence-electron chi connectivity index (χ0n) is 17.0. The summed E-state index contributed by atoms with van der Waals surface area (Å²) >= 11 is 0. The van der Waals surface area contributed by atoms with Crippen molar-refractivity contribution >= 4 is 0 Å². The van der Waals surface area contributed by atoms with E-state index >= 15 is 0 Å². The van der Waals surface area contributed by atoms with E-state index < -0.39 is 0 Å². The average molecular weight is 309 g/mol. The summed E-state index contributed by atoms with van der Waals surface area (Å²) < 4.78 is 0. The van der Waals surface area contributed by atoms with Crippen molar-refractivity contribution in [2.75, 3.05) is 0 Å². The first-order valence-corrected chi connectivity index (χ1v) is 10.1. The molecule has 0 bridgehead atoms. The van der Waals surface area contributed by atoms with Crippen LogP contribution in [0.5, 0.6) is 0 Å². The van der Waals surface area contributed by atoms with Gasteiger partial charge in [-0.3, -0.25) is 0 Å². The predicted octanol–water partition coefficient (Wildman–Crippen LogP) is 7.72. The van der Waals surface area contributed by atoms with Crippen molar-refractivity contribution in [1.29, 1.82) is 0 Å². The van der Waals surface area contributed by atoms with Gasteiger partial charge in [0.1, 0.15) is 0 Å². The molecular formula is C22H44. The minimum atomic E-state index is 0.599. The molecule has 0 aromatic heterocycles. The Morgan fingerprint density at radius 1 is 0.500 bits per heavy atom. The lowest BCUT2D eigenvalue weighted by Gasteiger charge is -2.58. The van der Waals surface area contributed by atoms with E-state index in [9.17, 15) is 0 Å². The molecule has 1 rings (SSSR count). The summed E-state index contributed by atoms with van der Waals surface area (Å²) in [6.07, 6.45) is 11.7. The Labute approximate surface area is 141 Å². The second-order valence-electron chi connectivity index (χ2n) is 10.2. The summed E-state index contributed by atoms with van der Waals surface area (Å²) in [5.74, 6) is 3.32. The molecule has 132 valence electrons. The molecule has 1 fully saturated rings. The third kappa shape index (κ3) is 5.00. The largest absolute Gasteiger partial charge is 0.0628 e. The molecule has 1 aliphatic carbocycles. The van der Waals surface area contributed by atoms with Gasteiger partial charge in [-0.25, -0.2) is 0 Å². The van der Waals surface area contributed by atoms with E-state index in [4.69, 9.17) is 0 Å². The Morgan fingerprint density at radius 3 is 0.909 bits per heavy atom. The summed E-state index contributed by atoms with van der Waals surface area (Å²) in [4.78, 5) is 0. The van der Waals surface area contributed by atoms with Gasteiger partial charge in [0, 0.05) is 0 Å². The van der Waals surface area contributed by atoms with Crippen LogP contribution in [0.15, 0.2) is 0 Å². The summed E-state index contributed by atoms with van der Waals surface area (Å²) in [5, 5.41) is 0. The Balaban J connectivity index is 3.27. The minimum Gasteiger partial charge on any atom is -0.0628 e. The first-order valence-electron chi connectivity index (χ1n) is 10.1. The van der Waals surface area contributed by atoms with Crippen molar-refractivity contribution < 1.29 is 0 Å². The van der Waals surface area contributed by atoms with Crippen LogP contribution in [0, 0.1) is 34.5 Å². The molecule has 0 saturated heterocycles. The third-order valence-electron chi connectivity index (χ3n) is 5.88. The van der Waals surface area contributed by atoms with Gasteiger partial charge >= 0.3 is 0 Å². The molecule has 0 heterocycles. The number of rotatable bonds is 8. The molecule has 0 amide bonds. The summed E-state index contributed by atoms with van der Waals surface area (Å²) in [6.45, 7) is 19.6. The molecular weight excluding hydrogens is 264 g/mol. The lowest BCUT2D eigenvalue weighted by molar-refractivity contribution is -0.0763. The van der Waals surface area contributed by atoms with E-state index in [1.54, 1.807) is 0 Å². The lowest BCUT2D eigenvalue weighted by Crippen LogP contribution is -2.48. The second-order valence-corrected chi connectivity index (χ2v) is 10.2. The molecule has 0 aliphatic heterocycles. The Morgan fingerprint density at radius 2 is 0.727 bits per heavy atom. The molecule has 0 radical (unpaired) electrons. The van der Waals surface area contributed by atoms with Crippen molar-refractivity contribution in [2.24, 2.45) is 34.5 Å². The Hall–Kier alpha value is 0. The van der Waals surface area contributed by atoms with Crippen molar-refractivity contribution in [2.45, 2.75) is 107 Å². The van der Waals surface area contributed by atoms with Crippen LogP contribution in [-0.4, -0.2) is 0 Å². The highest BCUT2D eigenvalue weighted by atomic mass is 14.6.